The number of fused-ring (bicyclic) bond motifs is 10. The Morgan fingerprint density at radius 2 is 1.79 bits per heavy atom. The summed E-state index contributed by atoms with van der Waals surface area (Å²) in [7, 11) is 0. The molecule has 7 nitrogen and oxygen atoms in total. The Morgan fingerprint density at radius 1 is 1.03 bits per heavy atom. The van der Waals surface area contributed by atoms with Crippen molar-refractivity contribution in [2.24, 2.45) is 0 Å². The van der Waals surface area contributed by atoms with E-state index in [9.17, 15) is 15.0 Å². The summed E-state index contributed by atoms with van der Waals surface area (Å²) in [6, 6.07) is 16.1. The van der Waals surface area contributed by atoms with Gasteiger partial charge in [-0.15, -0.1) is 0 Å². The van der Waals surface area contributed by atoms with E-state index in [0.717, 1.165) is 49.2 Å². The number of H-pyrrole nitrogens is 1. The molecule has 0 spiro atoms. The molecule has 33 heavy (non-hydrogen) atoms. The van der Waals surface area contributed by atoms with Crippen molar-refractivity contribution in [3.8, 4) is 0 Å². The number of aromatic nitrogens is 2. The lowest BCUT2D eigenvalue weighted by molar-refractivity contribution is -0.182. The highest BCUT2D eigenvalue weighted by molar-refractivity contribution is 6.30. The molecule has 4 heterocycles. The summed E-state index contributed by atoms with van der Waals surface area (Å²) in [5.41, 5.74) is 5.50. The summed E-state index contributed by atoms with van der Waals surface area (Å²) in [5, 5.41) is 27.9. The Balaban J connectivity index is 1.69. The van der Waals surface area contributed by atoms with E-state index >= 15 is 0 Å². The van der Waals surface area contributed by atoms with Gasteiger partial charge in [0.05, 0.1) is 34.3 Å². The van der Waals surface area contributed by atoms with Gasteiger partial charge >= 0.3 is 0 Å². The Morgan fingerprint density at radius 3 is 2.61 bits per heavy atom. The highest BCUT2D eigenvalue weighted by Gasteiger charge is 2.38. The first-order chi connectivity index (χ1) is 16.0. The van der Waals surface area contributed by atoms with Crippen molar-refractivity contribution in [3.05, 3.63) is 59.7 Å². The summed E-state index contributed by atoms with van der Waals surface area (Å²) in [5.74, 6) is -0.0709. The van der Waals surface area contributed by atoms with Crippen molar-refractivity contribution in [2.75, 3.05) is 0 Å². The minimum atomic E-state index is -0.933. The van der Waals surface area contributed by atoms with Crippen LogP contribution in [0.15, 0.2) is 48.5 Å². The fraction of sp³-hybridized carbons (Fsp3) is 0.269. The molecule has 3 aromatic carbocycles. The zero-order valence-electron chi connectivity index (χ0n) is 18.0. The standard InChI is InChI=1S/C26H23N3O4/c1-12-25(31)18(30)10-19(33-12)29-17-9-5-3-7-14(17)21-22-15(11-27-26(22)32)20-13-6-2-4-8-16(13)28-23(20)24(21)29/h2-9,12,18-19,25,28,30-31H,10-11H2,1H3,(H,27,32)/t12-,18-,19+,25-/m0/s1. The number of nitrogens with one attached hydrogen (secondary N) is 2. The maximum atomic E-state index is 13.1. The van der Waals surface area contributed by atoms with Crippen LogP contribution in [0.5, 0.6) is 0 Å². The maximum Gasteiger partial charge on any atom is 0.252 e. The Bertz CT molecular complexity index is 1600. The molecule has 1 amide bonds. The van der Waals surface area contributed by atoms with Gasteiger partial charge in [0.2, 0.25) is 0 Å². The molecule has 5 aromatic rings. The second kappa shape index (κ2) is 6.57. The Hall–Kier alpha value is -3.39. The molecule has 0 unspecified atom stereocenters. The molecule has 1 fully saturated rings. The number of rotatable bonds is 1. The van der Waals surface area contributed by atoms with E-state index < -0.39 is 24.5 Å². The first-order valence-electron chi connectivity index (χ1n) is 11.3. The van der Waals surface area contributed by atoms with Crippen molar-refractivity contribution in [2.45, 2.75) is 44.4 Å². The number of aliphatic hydroxyl groups excluding tert-OH is 2. The highest BCUT2D eigenvalue weighted by atomic mass is 16.5. The van der Waals surface area contributed by atoms with Gasteiger partial charge in [0.25, 0.3) is 5.91 Å². The van der Waals surface area contributed by atoms with Gasteiger partial charge in [-0.05, 0) is 24.6 Å². The van der Waals surface area contributed by atoms with E-state index in [4.69, 9.17) is 4.74 Å². The van der Waals surface area contributed by atoms with Crippen LogP contribution in [-0.4, -0.2) is 44.0 Å². The molecule has 4 atom stereocenters. The SMILES string of the molecule is C[C@@H]1O[C@@H](n2c3ccccc3c3c4c(c5c6ccccc6[nH]c5c32)CNC4=O)C[C@H](O)[C@H]1O. The number of amides is 1. The van der Waals surface area contributed by atoms with Gasteiger partial charge in [-0.25, -0.2) is 0 Å². The van der Waals surface area contributed by atoms with Gasteiger partial charge in [-0.3, -0.25) is 4.79 Å². The zero-order valence-corrected chi connectivity index (χ0v) is 18.0. The number of benzene rings is 3. The first-order valence-corrected chi connectivity index (χ1v) is 11.3. The van der Waals surface area contributed by atoms with E-state index in [1.807, 2.05) is 42.5 Å². The molecular formula is C26H23N3O4. The van der Waals surface area contributed by atoms with Crippen molar-refractivity contribution in [3.63, 3.8) is 0 Å². The average molecular weight is 441 g/mol. The van der Waals surface area contributed by atoms with Gasteiger partial charge in [-0.2, -0.15) is 0 Å². The van der Waals surface area contributed by atoms with E-state index in [1.165, 1.54) is 0 Å². The third-order valence-corrected chi connectivity index (χ3v) is 7.34. The predicted molar refractivity (Wildman–Crippen MR) is 126 cm³/mol. The van der Waals surface area contributed by atoms with E-state index in [2.05, 4.69) is 20.9 Å². The fourth-order valence-corrected chi connectivity index (χ4v) is 5.86. The van der Waals surface area contributed by atoms with Gasteiger partial charge in [-0.1, -0.05) is 36.4 Å². The van der Waals surface area contributed by atoms with Crippen LogP contribution in [0.1, 0.15) is 35.5 Å². The lowest BCUT2D eigenvalue weighted by Gasteiger charge is -2.36. The van der Waals surface area contributed by atoms with Crippen LogP contribution in [0, 0.1) is 0 Å². The molecule has 0 saturated carbocycles. The Labute approximate surface area is 188 Å². The van der Waals surface area contributed by atoms with Crippen molar-refractivity contribution in [1.82, 2.24) is 14.9 Å². The molecule has 0 aliphatic carbocycles. The monoisotopic (exact) mass is 441 g/mol. The van der Waals surface area contributed by atoms with Crippen LogP contribution in [-0.2, 0) is 11.3 Å². The topological polar surface area (TPSA) is 99.5 Å². The van der Waals surface area contributed by atoms with E-state index in [0.29, 0.717) is 12.1 Å². The number of para-hydroxylation sites is 2. The zero-order chi connectivity index (χ0) is 22.4. The van der Waals surface area contributed by atoms with Crippen LogP contribution in [0.25, 0.3) is 43.6 Å². The number of aromatic amines is 1. The van der Waals surface area contributed by atoms with Gasteiger partial charge < -0.3 is 29.8 Å². The molecule has 2 aliphatic heterocycles. The number of carbonyl (C=O) groups is 1. The summed E-state index contributed by atoms with van der Waals surface area (Å²) in [6.45, 7) is 2.27. The number of hydrogen-bond donors (Lipinski definition) is 4. The van der Waals surface area contributed by atoms with Crippen molar-refractivity contribution >= 4 is 49.5 Å². The van der Waals surface area contributed by atoms with Gasteiger partial charge in [0.15, 0.2) is 0 Å². The largest absolute Gasteiger partial charge is 0.390 e. The predicted octanol–water partition coefficient (Wildman–Crippen LogP) is 3.70. The molecule has 7 rings (SSSR count). The molecule has 0 bridgehead atoms. The van der Waals surface area contributed by atoms with Crippen LogP contribution in [0.4, 0.5) is 0 Å². The minimum absolute atomic E-state index is 0.0709. The summed E-state index contributed by atoms with van der Waals surface area (Å²) in [6.07, 6.45) is -2.59. The Kier molecular flexibility index (Phi) is 3.81. The van der Waals surface area contributed by atoms with Crippen LogP contribution < -0.4 is 5.32 Å². The van der Waals surface area contributed by atoms with E-state index in [1.54, 1.807) is 6.92 Å². The third kappa shape index (κ3) is 2.41. The summed E-state index contributed by atoms with van der Waals surface area (Å²) in [4.78, 5) is 16.7. The first kappa shape index (κ1) is 19.1. The number of hydrogen-bond acceptors (Lipinski definition) is 4. The van der Waals surface area contributed by atoms with Crippen LogP contribution in [0.2, 0.25) is 0 Å². The average Bonchev–Trinajstić information content (AvgIpc) is 3.48. The normalized spacial score (nSPS) is 25.4. The number of ether oxygens (including phenoxy) is 1. The lowest BCUT2D eigenvalue weighted by Crippen LogP contribution is -2.45. The second-order valence-electron chi connectivity index (χ2n) is 9.16. The molecule has 0 radical (unpaired) electrons. The highest BCUT2D eigenvalue weighted by Crippen LogP contribution is 2.45. The molecule has 166 valence electrons. The van der Waals surface area contributed by atoms with Crippen molar-refractivity contribution in [1.29, 1.82) is 0 Å². The van der Waals surface area contributed by atoms with Crippen LogP contribution in [0.3, 0.4) is 0 Å². The number of nitrogens with zero attached hydrogens (tertiary/aromatic N) is 1. The lowest BCUT2D eigenvalue weighted by atomic mass is 9.97. The third-order valence-electron chi connectivity index (χ3n) is 7.34. The molecule has 2 aromatic heterocycles. The van der Waals surface area contributed by atoms with Crippen LogP contribution >= 0.6 is 0 Å². The number of carbonyl (C=O) groups excluding carboxylic acids is 1. The van der Waals surface area contributed by atoms with Crippen molar-refractivity contribution < 1.29 is 19.7 Å². The quantitative estimate of drug-likeness (QED) is 0.319. The molecule has 7 heteroatoms. The number of aliphatic hydroxyl groups is 2. The molecule has 4 N–H and O–H groups in total. The van der Waals surface area contributed by atoms with Gasteiger partial charge in [0.1, 0.15) is 12.3 Å². The van der Waals surface area contributed by atoms with Gasteiger partial charge in [0, 0.05) is 40.0 Å². The molecule has 2 aliphatic rings. The summed E-state index contributed by atoms with van der Waals surface area (Å²) < 4.78 is 8.33. The van der Waals surface area contributed by atoms with E-state index in [-0.39, 0.29) is 12.3 Å². The fourth-order valence-electron chi connectivity index (χ4n) is 5.86. The minimum Gasteiger partial charge on any atom is -0.390 e. The maximum absolute atomic E-state index is 13.1. The summed E-state index contributed by atoms with van der Waals surface area (Å²) >= 11 is 0. The smallest absolute Gasteiger partial charge is 0.252 e. The molecular weight excluding hydrogens is 418 g/mol. The molecule has 1 saturated heterocycles. The second-order valence-corrected chi connectivity index (χ2v) is 9.16.